The first-order valence-electron chi connectivity index (χ1n) is 6.35. The van der Waals surface area contributed by atoms with Crippen LogP contribution in [0.3, 0.4) is 0 Å². The number of carboxylic acids is 1. The molecule has 0 aliphatic rings. The average molecular weight is 358 g/mol. The molecule has 0 amide bonds. The van der Waals surface area contributed by atoms with Crippen molar-refractivity contribution in [3.8, 4) is 0 Å². The van der Waals surface area contributed by atoms with Crippen LogP contribution in [0.1, 0.15) is 28.3 Å². The predicted molar refractivity (Wildman–Crippen MR) is 87.2 cm³/mol. The van der Waals surface area contributed by atoms with Crippen LogP contribution in [-0.4, -0.2) is 16.9 Å². The van der Waals surface area contributed by atoms with Gasteiger partial charge in [0.25, 0.3) is 0 Å². The normalized spacial score (nSPS) is 12.0. The predicted octanol–water partition coefficient (Wildman–Crippen LogP) is 5.09. The number of hydrogen-bond donors (Lipinski definition) is 1. The molecule has 2 aromatic rings. The number of carbonyl (C=O) groups is 2. The summed E-state index contributed by atoms with van der Waals surface area (Å²) in [7, 11) is 0. The number of carbonyl (C=O) groups excluding carboxylic acids is 1. The lowest BCUT2D eigenvalue weighted by Gasteiger charge is -2.14. The van der Waals surface area contributed by atoms with Crippen LogP contribution in [0.25, 0.3) is 0 Å². The first-order valence-corrected chi connectivity index (χ1v) is 7.48. The van der Waals surface area contributed by atoms with E-state index in [9.17, 15) is 14.7 Å². The Labute approximate surface area is 142 Å². The highest BCUT2D eigenvalue weighted by molar-refractivity contribution is 6.35. The van der Waals surface area contributed by atoms with Crippen molar-refractivity contribution in [3.05, 3.63) is 68.7 Å². The number of Topliss-reactive ketones (excluding diaryl/α,β-unsaturated/α-hetero) is 1. The summed E-state index contributed by atoms with van der Waals surface area (Å²) < 4.78 is 0. The Hall–Kier alpha value is -1.55. The molecule has 0 radical (unpaired) electrons. The molecular formula is C16H11Cl3O3. The highest BCUT2D eigenvalue weighted by Crippen LogP contribution is 2.31. The molecule has 0 saturated carbocycles. The van der Waals surface area contributed by atoms with Crippen molar-refractivity contribution in [1.29, 1.82) is 0 Å². The largest absolute Gasteiger partial charge is 0.481 e. The van der Waals surface area contributed by atoms with Gasteiger partial charge < -0.3 is 5.11 Å². The second-order valence-electron chi connectivity index (χ2n) is 4.69. The Morgan fingerprint density at radius 2 is 1.55 bits per heavy atom. The summed E-state index contributed by atoms with van der Waals surface area (Å²) in [5, 5.41) is 10.5. The molecule has 0 aromatic heterocycles. The summed E-state index contributed by atoms with van der Waals surface area (Å²) in [6.45, 7) is 0. The van der Waals surface area contributed by atoms with Gasteiger partial charge in [-0.05, 0) is 42.0 Å². The number of carboxylic acid groups (broad SMARTS) is 1. The lowest BCUT2D eigenvalue weighted by molar-refractivity contribution is -0.138. The lowest BCUT2D eigenvalue weighted by atomic mass is 9.91. The minimum Gasteiger partial charge on any atom is -0.481 e. The van der Waals surface area contributed by atoms with E-state index in [2.05, 4.69) is 0 Å². The van der Waals surface area contributed by atoms with E-state index >= 15 is 0 Å². The first kappa shape index (κ1) is 16.8. The minimum absolute atomic E-state index is 0.196. The van der Waals surface area contributed by atoms with E-state index in [4.69, 9.17) is 34.8 Å². The first-order chi connectivity index (χ1) is 10.4. The van der Waals surface area contributed by atoms with Crippen molar-refractivity contribution in [2.75, 3.05) is 0 Å². The van der Waals surface area contributed by atoms with Gasteiger partial charge in [-0.25, -0.2) is 0 Å². The van der Waals surface area contributed by atoms with Gasteiger partial charge in [-0.2, -0.15) is 0 Å². The molecule has 22 heavy (non-hydrogen) atoms. The van der Waals surface area contributed by atoms with Crippen molar-refractivity contribution < 1.29 is 14.7 Å². The zero-order chi connectivity index (χ0) is 16.3. The van der Waals surface area contributed by atoms with Crippen LogP contribution in [0.4, 0.5) is 0 Å². The molecule has 6 heteroatoms. The molecule has 0 bridgehead atoms. The smallest absolute Gasteiger partial charge is 0.311 e. The van der Waals surface area contributed by atoms with Crippen LogP contribution in [0.15, 0.2) is 42.5 Å². The Kier molecular flexibility index (Phi) is 5.46. The number of halogens is 3. The Bertz CT molecular complexity index is 711. The fourth-order valence-electron chi connectivity index (χ4n) is 2.05. The minimum atomic E-state index is -1.12. The monoisotopic (exact) mass is 356 g/mol. The van der Waals surface area contributed by atoms with Gasteiger partial charge in [0.2, 0.25) is 0 Å². The molecular weight excluding hydrogens is 347 g/mol. The quantitative estimate of drug-likeness (QED) is 0.758. The van der Waals surface area contributed by atoms with Crippen LogP contribution >= 0.6 is 34.8 Å². The molecule has 0 fully saturated rings. The fraction of sp³-hybridized carbons (Fsp3) is 0.125. The third kappa shape index (κ3) is 4.01. The molecule has 1 atom stereocenters. The number of benzene rings is 2. The zero-order valence-electron chi connectivity index (χ0n) is 11.2. The van der Waals surface area contributed by atoms with E-state index in [1.54, 1.807) is 30.3 Å². The molecule has 2 rings (SSSR count). The molecule has 0 spiro atoms. The Morgan fingerprint density at radius 3 is 2.09 bits per heavy atom. The summed E-state index contributed by atoms with van der Waals surface area (Å²) in [4.78, 5) is 23.7. The highest BCUT2D eigenvalue weighted by Gasteiger charge is 2.26. The highest BCUT2D eigenvalue weighted by atomic mass is 35.5. The summed E-state index contributed by atoms with van der Waals surface area (Å²) in [5.74, 6) is -2.45. The van der Waals surface area contributed by atoms with Crippen LogP contribution in [0.2, 0.25) is 15.1 Å². The SMILES string of the molecule is O=C(CC(C(=O)O)c1ccc(Cl)cc1Cl)c1ccc(Cl)cc1. The van der Waals surface area contributed by atoms with E-state index in [0.29, 0.717) is 21.2 Å². The summed E-state index contributed by atoms with van der Waals surface area (Å²) >= 11 is 17.6. The molecule has 114 valence electrons. The van der Waals surface area contributed by atoms with Crippen LogP contribution in [0, 0.1) is 0 Å². The van der Waals surface area contributed by atoms with E-state index < -0.39 is 11.9 Å². The van der Waals surface area contributed by atoms with Crippen molar-refractivity contribution in [2.45, 2.75) is 12.3 Å². The third-order valence-corrected chi connectivity index (χ3v) is 4.01. The van der Waals surface area contributed by atoms with E-state index in [0.717, 1.165) is 0 Å². The lowest BCUT2D eigenvalue weighted by Crippen LogP contribution is -2.16. The summed E-state index contributed by atoms with van der Waals surface area (Å²) in [6.07, 6.45) is -0.196. The zero-order valence-corrected chi connectivity index (χ0v) is 13.5. The molecule has 0 saturated heterocycles. The number of ketones is 1. The van der Waals surface area contributed by atoms with Gasteiger partial charge in [-0.3, -0.25) is 9.59 Å². The van der Waals surface area contributed by atoms with Crippen molar-refractivity contribution in [3.63, 3.8) is 0 Å². The molecule has 0 heterocycles. The van der Waals surface area contributed by atoms with Gasteiger partial charge in [0, 0.05) is 27.1 Å². The van der Waals surface area contributed by atoms with Crippen LogP contribution in [-0.2, 0) is 4.79 Å². The second kappa shape index (κ2) is 7.14. The van der Waals surface area contributed by atoms with Crippen molar-refractivity contribution in [1.82, 2.24) is 0 Å². The van der Waals surface area contributed by atoms with Crippen LogP contribution in [0.5, 0.6) is 0 Å². The number of aliphatic carboxylic acids is 1. The average Bonchev–Trinajstić information content (AvgIpc) is 2.45. The fourth-order valence-corrected chi connectivity index (χ4v) is 2.72. The van der Waals surface area contributed by atoms with Gasteiger partial charge in [0.1, 0.15) is 0 Å². The third-order valence-electron chi connectivity index (χ3n) is 3.19. The van der Waals surface area contributed by atoms with Gasteiger partial charge in [-0.1, -0.05) is 40.9 Å². The summed E-state index contributed by atoms with van der Waals surface area (Å²) in [6, 6.07) is 10.8. The maximum atomic E-state index is 12.2. The number of hydrogen-bond acceptors (Lipinski definition) is 2. The van der Waals surface area contributed by atoms with Crippen molar-refractivity contribution >= 4 is 46.6 Å². The van der Waals surface area contributed by atoms with Crippen LogP contribution < -0.4 is 0 Å². The van der Waals surface area contributed by atoms with Gasteiger partial charge in [-0.15, -0.1) is 0 Å². The van der Waals surface area contributed by atoms with Crippen molar-refractivity contribution in [2.24, 2.45) is 0 Å². The molecule has 2 aromatic carbocycles. The van der Waals surface area contributed by atoms with E-state index in [1.807, 2.05) is 0 Å². The maximum absolute atomic E-state index is 12.2. The number of rotatable bonds is 5. The Balaban J connectivity index is 2.27. The van der Waals surface area contributed by atoms with Gasteiger partial charge in [0.05, 0.1) is 5.92 Å². The maximum Gasteiger partial charge on any atom is 0.311 e. The standard InChI is InChI=1S/C16H11Cl3O3/c17-10-3-1-9(2-4-10)15(20)8-13(16(21)22)12-6-5-11(18)7-14(12)19/h1-7,13H,8H2,(H,21,22). The molecule has 0 aliphatic carbocycles. The molecule has 3 nitrogen and oxygen atoms in total. The second-order valence-corrected chi connectivity index (χ2v) is 5.97. The molecule has 1 N–H and O–H groups in total. The summed E-state index contributed by atoms with van der Waals surface area (Å²) in [5.41, 5.74) is 0.765. The van der Waals surface area contributed by atoms with E-state index in [-0.39, 0.29) is 17.2 Å². The Morgan fingerprint density at radius 1 is 0.955 bits per heavy atom. The molecule has 0 aliphatic heterocycles. The topological polar surface area (TPSA) is 54.4 Å². The molecule has 1 unspecified atom stereocenters. The van der Waals surface area contributed by atoms with Gasteiger partial charge >= 0.3 is 5.97 Å². The van der Waals surface area contributed by atoms with E-state index in [1.165, 1.54) is 12.1 Å². The van der Waals surface area contributed by atoms with Gasteiger partial charge in [0.15, 0.2) is 5.78 Å².